The molecule has 1 aromatic rings. The summed E-state index contributed by atoms with van der Waals surface area (Å²) in [5.41, 5.74) is 1.06. The minimum absolute atomic E-state index is 0.193. The van der Waals surface area contributed by atoms with Crippen LogP contribution in [-0.2, 0) is 21.3 Å². The quantitative estimate of drug-likeness (QED) is 0.618. The van der Waals surface area contributed by atoms with Crippen molar-refractivity contribution >= 4 is 10.0 Å². The normalized spacial score (nSPS) is 13.6. The SMILES string of the molecule is CCNCc1n[nH]c(C)c1S(=O)(=O)NC(C)CCOC. The molecule has 1 atom stereocenters. The first-order valence-corrected chi connectivity index (χ1v) is 8.16. The van der Waals surface area contributed by atoms with Crippen molar-refractivity contribution < 1.29 is 13.2 Å². The van der Waals surface area contributed by atoms with Gasteiger partial charge in [0.05, 0.1) is 11.4 Å². The number of sulfonamides is 1. The molecular weight excluding hydrogens is 280 g/mol. The van der Waals surface area contributed by atoms with Crippen LogP contribution in [0.1, 0.15) is 31.7 Å². The predicted molar refractivity (Wildman–Crippen MR) is 77.0 cm³/mol. The molecule has 7 nitrogen and oxygen atoms in total. The molecule has 0 radical (unpaired) electrons. The molecule has 1 aromatic heterocycles. The lowest BCUT2D eigenvalue weighted by Gasteiger charge is -2.14. The summed E-state index contributed by atoms with van der Waals surface area (Å²) in [6.45, 7) is 7.16. The van der Waals surface area contributed by atoms with E-state index in [4.69, 9.17) is 4.74 Å². The molecule has 0 aromatic carbocycles. The summed E-state index contributed by atoms with van der Waals surface area (Å²) in [6, 6.07) is -0.193. The zero-order valence-electron chi connectivity index (χ0n) is 12.5. The van der Waals surface area contributed by atoms with Crippen LogP contribution in [0.3, 0.4) is 0 Å². The Hall–Kier alpha value is -0.960. The van der Waals surface area contributed by atoms with Gasteiger partial charge in [-0.15, -0.1) is 0 Å². The van der Waals surface area contributed by atoms with Gasteiger partial charge in [0.25, 0.3) is 0 Å². The highest BCUT2D eigenvalue weighted by atomic mass is 32.2. The van der Waals surface area contributed by atoms with E-state index in [2.05, 4.69) is 20.2 Å². The first kappa shape index (κ1) is 17.1. The molecule has 0 spiro atoms. The lowest BCUT2D eigenvalue weighted by atomic mass is 10.3. The molecule has 1 heterocycles. The van der Waals surface area contributed by atoms with Gasteiger partial charge in [-0.25, -0.2) is 13.1 Å². The molecule has 3 N–H and O–H groups in total. The molecule has 1 unspecified atom stereocenters. The van der Waals surface area contributed by atoms with Gasteiger partial charge in [-0.2, -0.15) is 5.10 Å². The Labute approximate surface area is 120 Å². The van der Waals surface area contributed by atoms with Crippen molar-refractivity contribution in [2.24, 2.45) is 0 Å². The van der Waals surface area contributed by atoms with Crippen molar-refractivity contribution in [2.45, 2.75) is 44.7 Å². The van der Waals surface area contributed by atoms with E-state index in [1.54, 1.807) is 14.0 Å². The lowest BCUT2D eigenvalue weighted by Crippen LogP contribution is -2.34. The monoisotopic (exact) mass is 304 g/mol. The zero-order chi connectivity index (χ0) is 15.2. The number of aromatic amines is 1. The summed E-state index contributed by atoms with van der Waals surface area (Å²) < 4.78 is 32.5. The largest absolute Gasteiger partial charge is 0.385 e. The van der Waals surface area contributed by atoms with Crippen molar-refractivity contribution in [3.05, 3.63) is 11.4 Å². The van der Waals surface area contributed by atoms with E-state index in [1.165, 1.54) is 0 Å². The van der Waals surface area contributed by atoms with Gasteiger partial charge >= 0.3 is 0 Å². The summed E-state index contributed by atoms with van der Waals surface area (Å²) in [4.78, 5) is 0.239. The Morgan fingerprint density at radius 3 is 2.75 bits per heavy atom. The van der Waals surface area contributed by atoms with Gasteiger partial charge in [0.1, 0.15) is 4.90 Å². The maximum absolute atomic E-state index is 12.4. The summed E-state index contributed by atoms with van der Waals surface area (Å²) in [6.07, 6.45) is 0.620. The molecule has 0 aliphatic carbocycles. The highest BCUT2D eigenvalue weighted by Crippen LogP contribution is 2.18. The Bertz CT molecular complexity index is 513. The van der Waals surface area contributed by atoms with Gasteiger partial charge < -0.3 is 10.1 Å². The van der Waals surface area contributed by atoms with Crippen LogP contribution in [0, 0.1) is 6.92 Å². The number of hydrogen-bond donors (Lipinski definition) is 3. The summed E-state index contributed by atoms with van der Waals surface area (Å²) >= 11 is 0. The Morgan fingerprint density at radius 2 is 2.15 bits per heavy atom. The molecule has 0 aliphatic rings. The van der Waals surface area contributed by atoms with Crippen LogP contribution in [0.4, 0.5) is 0 Å². The number of hydrogen-bond acceptors (Lipinski definition) is 5. The van der Waals surface area contributed by atoms with Gasteiger partial charge in [0, 0.05) is 26.3 Å². The molecule has 8 heteroatoms. The van der Waals surface area contributed by atoms with E-state index in [0.29, 0.717) is 31.0 Å². The minimum atomic E-state index is -3.58. The Balaban J connectivity index is 2.88. The lowest BCUT2D eigenvalue weighted by molar-refractivity contribution is 0.188. The molecule has 0 aliphatic heterocycles. The molecule has 1 rings (SSSR count). The molecule has 116 valence electrons. The van der Waals surface area contributed by atoms with Gasteiger partial charge in [0.15, 0.2) is 0 Å². The van der Waals surface area contributed by atoms with Crippen molar-refractivity contribution in [2.75, 3.05) is 20.3 Å². The van der Waals surface area contributed by atoms with Crippen molar-refractivity contribution in [3.8, 4) is 0 Å². The zero-order valence-corrected chi connectivity index (χ0v) is 13.3. The molecule has 0 saturated heterocycles. The molecule has 20 heavy (non-hydrogen) atoms. The third-order valence-electron chi connectivity index (χ3n) is 2.88. The van der Waals surface area contributed by atoms with Gasteiger partial charge in [-0.3, -0.25) is 5.10 Å². The smallest absolute Gasteiger partial charge is 0.244 e. The summed E-state index contributed by atoms with van der Waals surface area (Å²) in [7, 11) is -1.98. The number of ether oxygens (including phenoxy) is 1. The Kier molecular flexibility index (Phi) is 6.60. The second-order valence-electron chi connectivity index (χ2n) is 4.71. The molecule has 0 fully saturated rings. The van der Waals surface area contributed by atoms with Gasteiger partial charge in [0.2, 0.25) is 10.0 Å². The van der Waals surface area contributed by atoms with Crippen molar-refractivity contribution in [1.82, 2.24) is 20.2 Å². The van der Waals surface area contributed by atoms with Crippen LogP contribution in [-0.4, -0.2) is 44.9 Å². The second-order valence-corrected chi connectivity index (χ2v) is 6.36. The van der Waals surface area contributed by atoms with E-state index in [-0.39, 0.29) is 10.9 Å². The van der Waals surface area contributed by atoms with Crippen LogP contribution in [0.25, 0.3) is 0 Å². The summed E-state index contributed by atoms with van der Waals surface area (Å²) in [5, 5.41) is 9.88. The average molecular weight is 304 g/mol. The van der Waals surface area contributed by atoms with Crippen molar-refractivity contribution in [1.29, 1.82) is 0 Å². The standard InChI is InChI=1S/C12H24N4O3S/c1-5-13-8-11-12(10(3)14-15-11)20(17,18)16-9(2)6-7-19-4/h9,13,16H,5-8H2,1-4H3,(H,14,15). The highest BCUT2D eigenvalue weighted by molar-refractivity contribution is 7.89. The fraction of sp³-hybridized carbons (Fsp3) is 0.750. The van der Waals surface area contributed by atoms with Crippen LogP contribution >= 0.6 is 0 Å². The van der Waals surface area contributed by atoms with Gasteiger partial charge in [-0.05, 0) is 26.8 Å². The maximum atomic E-state index is 12.4. The Morgan fingerprint density at radius 1 is 1.45 bits per heavy atom. The van der Waals surface area contributed by atoms with E-state index >= 15 is 0 Å². The van der Waals surface area contributed by atoms with Crippen LogP contribution in [0.15, 0.2) is 4.90 Å². The third kappa shape index (κ3) is 4.55. The van der Waals surface area contributed by atoms with E-state index in [1.807, 2.05) is 13.8 Å². The molecular formula is C12H24N4O3S. The second kappa shape index (κ2) is 7.72. The number of nitrogens with one attached hydrogen (secondary N) is 3. The fourth-order valence-corrected chi connectivity index (χ4v) is 3.51. The van der Waals surface area contributed by atoms with Gasteiger partial charge in [-0.1, -0.05) is 6.92 Å². The molecule has 0 saturated carbocycles. The molecule has 0 amide bonds. The van der Waals surface area contributed by atoms with E-state index < -0.39 is 10.0 Å². The minimum Gasteiger partial charge on any atom is -0.385 e. The van der Waals surface area contributed by atoms with Crippen LogP contribution < -0.4 is 10.0 Å². The predicted octanol–water partition coefficient (Wildman–Crippen LogP) is 0.531. The fourth-order valence-electron chi connectivity index (χ4n) is 1.87. The first-order chi connectivity index (χ1) is 9.42. The number of nitrogens with zero attached hydrogens (tertiary/aromatic N) is 1. The number of aromatic nitrogens is 2. The topological polar surface area (TPSA) is 96.1 Å². The average Bonchev–Trinajstić information content (AvgIpc) is 2.75. The van der Waals surface area contributed by atoms with E-state index in [0.717, 1.165) is 6.54 Å². The van der Waals surface area contributed by atoms with Crippen molar-refractivity contribution in [3.63, 3.8) is 0 Å². The first-order valence-electron chi connectivity index (χ1n) is 6.68. The number of rotatable bonds is 9. The van der Waals surface area contributed by atoms with Crippen LogP contribution in [0.2, 0.25) is 0 Å². The number of H-pyrrole nitrogens is 1. The third-order valence-corrected chi connectivity index (χ3v) is 4.68. The molecule has 0 bridgehead atoms. The maximum Gasteiger partial charge on any atom is 0.244 e. The van der Waals surface area contributed by atoms with E-state index in [9.17, 15) is 8.42 Å². The number of methoxy groups -OCH3 is 1. The number of aryl methyl sites for hydroxylation is 1. The van der Waals surface area contributed by atoms with Crippen LogP contribution in [0.5, 0.6) is 0 Å². The summed E-state index contributed by atoms with van der Waals surface area (Å²) in [5.74, 6) is 0. The highest BCUT2D eigenvalue weighted by Gasteiger charge is 2.25.